The Hall–Kier alpha value is -3.41. The molecule has 3 aliphatic rings. The highest BCUT2D eigenvalue weighted by Crippen LogP contribution is 2.53. The first kappa shape index (κ1) is 30.5. The summed E-state index contributed by atoms with van der Waals surface area (Å²) in [5.41, 5.74) is 2.81. The lowest BCUT2D eigenvalue weighted by Crippen LogP contribution is -2.63. The molecule has 5 atom stereocenters. The van der Waals surface area contributed by atoms with Gasteiger partial charge in [0.15, 0.2) is 11.4 Å². The number of phenolic OH excluding ortho intramolecular Hbond substituents is 1. The number of aromatic hydroxyl groups is 1. The lowest BCUT2D eigenvalue weighted by Gasteiger charge is -2.50. The van der Waals surface area contributed by atoms with E-state index in [2.05, 4.69) is 32.6 Å². The van der Waals surface area contributed by atoms with Gasteiger partial charge in [0.2, 0.25) is 5.78 Å². The van der Waals surface area contributed by atoms with Crippen LogP contribution in [-0.4, -0.2) is 93.1 Å². The van der Waals surface area contributed by atoms with Crippen molar-refractivity contribution in [3.05, 3.63) is 45.4 Å². The van der Waals surface area contributed by atoms with Crippen LogP contribution in [0.3, 0.4) is 0 Å². The zero-order valence-corrected chi connectivity index (χ0v) is 24.7. The molecule has 1 aromatic carbocycles. The minimum Gasteiger partial charge on any atom is -0.510 e. The molecule has 0 fully saturated rings. The van der Waals surface area contributed by atoms with Gasteiger partial charge in [0.1, 0.15) is 28.6 Å². The summed E-state index contributed by atoms with van der Waals surface area (Å²) in [6.45, 7) is 9.68. The van der Waals surface area contributed by atoms with E-state index in [9.17, 15) is 34.8 Å². The van der Waals surface area contributed by atoms with E-state index >= 15 is 0 Å². The van der Waals surface area contributed by atoms with Gasteiger partial charge in [-0.2, -0.15) is 0 Å². The highest BCUT2D eigenvalue weighted by molar-refractivity contribution is 6.24. The fourth-order valence-electron chi connectivity index (χ4n) is 6.92. The molecule has 11 heteroatoms. The number of carbonyl (C=O) groups is 3. The van der Waals surface area contributed by atoms with E-state index in [0.717, 1.165) is 6.54 Å². The number of methoxy groups -OCH3 is 1. The average molecular weight is 572 g/mol. The number of hydrogen-bond acceptors (Lipinski definition) is 10. The number of nitrogens with two attached hydrogens (primary N) is 1. The number of aliphatic hydroxyl groups excluding tert-OH is 2. The lowest BCUT2D eigenvalue weighted by molar-refractivity contribution is -0.148. The molecule has 0 saturated carbocycles. The summed E-state index contributed by atoms with van der Waals surface area (Å²) in [7, 11) is 4.69. The second-order valence-corrected chi connectivity index (χ2v) is 12.0. The fraction of sp³-hybridized carbons (Fsp3) is 0.567. The highest BCUT2D eigenvalue weighted by atomic mass is 16.5. The van der Waals surface area contributed by atoms with Gasteiger partial charge in [0, 0.05) is 35.2 Å². The summed E-state index contributed by atoms with van der Waals surface area (Å²) in [4.78, 5) is 43.3. The number of nitrogens with zero attached hydrogens (tertiary/aromatic N) is 2. The third kappa shape index (κ3) is 4.50. The molecule has 41 heavy (non-hydrogen) atoms. The third-order valence-electron chi connectivity index (χ3n) is 9.27. The van der Waals surface area contributed by atoms with Gasteiger partial charge in [-0.1, -0.05) is 20.8 Å². The Labute approximate surface area is 239 Å². The molecule has 0 radical (unpaired) electrons. The van der Waals surface area contributed by atoms with Crippen LogP contribution in [0.2, 0.25) is 0 Å². The number of ketones is 2. The molecule has 0 aliphatic heterocycles. The molecule has 0 unspecified atom stereocenters. The number of rotatable bonds is 8. The zero-order valence-electron chi connectivity index (χ0n) is 24.7. The second-order valence-electron chi connectivity index (χ2n) is 12.0. The van der Waals surface area contributed by atoms with E-state index in [0.29, 0.717) is 29.3 Å². The maximum Gasteiger partial charge on any atom is 0.255 e. The summed E-state index contributed by atoms with van der Waals surface area (Å²) in [6, 6.07) is 0.686. The van der Waals surface area contributed by atoms with Crippen LogP contribution in [0.15, 0.2) is 28.7 Å². The third-order valence-corrected chi connectivity index (χ3v) is 9.27. The van der Waals surface area contributed by atoms with Gasteiger partial charge >= 0.3 is 0 Å². The first-order valence-electron chi connectivity index (χ1n) is 13.9. The van der Waals surface area contributed by atoms with Crippen molar-refractivity contribution in [1.82, 2.24) is 9.80 Å². The number of ether oxygens (including phenoxy) is 1. The number of hydrogen-bond donors (Lipinski definition) is 5. The van der Waals surface area contributed by atoms with Crippen molar-refractivity contribution in [3.63, 3.8) is 0 Å². The number of amides is 1. The van der Waals surface area contributed by atoms with Crippen LogP contribution >= 0.6 is 0 Å². The fourth-order valence-corrected chi connectivity index (χ4v) is 6.92. The minimum absolute atomic E-state index is 0.0192. The van der Waals surface area contributed by atoms with Crippen molar-refractivity contribution in [3.8, 4) is 11.5 Å². The summed E-state index contributed by atoms with van der Waals surface area (Å²) in [5.74, 6) is -5.94. The molecule has 224 valence electrons. The Balaban J connectivity index is 1.89. The lowest BCUT2D eigenvalue weighted by atomic mass is 9.58. The molecule has 0 bridgehead atoms. The van der Waals surface area contributed by atoms with Gasteiger partial charge in [-0.05, 0) is 58.3 Å². The molecular weight excluding hydrogens is 530 g/mol. The number of aliphatic hydroxyl groups is 3. The Morgan fingerprint density at radius 3 is 2.34 bits per heavy atom. The molecule has 0 spiro atoms. The summed E-state index contributed by atoms with van der Waals surface area (Å²) in [6.07, 6.45) is 0.191. The van der Waals surface area contributed by atoms with E-state index < -0.39 is 58.0 Å². The van der Waals surface area contributed by atoms with Crippen molar-refractivity contribution in [1.29, 1.82) is 0 Å². The van der Waals surface area contributed by atoms with Crippen LogP contribution in [0.4, 0.5) is 0 Å². The van der Waals surface area contributed by atoms with Crippen molar-refractivity contribution in [2.24, 2.45) is 23.5 Å². The van der Waals surface area contributed by atoms with E-state index in [4.69, 9.17) is 10.5 Å². The number of likely N-dealkylation sites (N-methyl/N-ethyl adjacent to an activating group) is 1. The monoisotopic (exact) mass is 571 g/mol. The van der Waals surface area contributed by atoms with Gasteiger partial charge < -0.3 is 30.9 Å². The molecule has 1 amide bonds. The Morgan fingerprint density at radius 1 is 1.20 bits per heavy atom. The number of carbonyl (C=O) groups excluding carboxylic acids is 3. The van der Waals surface area contributed by atoms with E-state index in [1.807, 2.05) is 0 Å². The normalized spacial score (nSPS) is 26.9. The highest BCUT2D eigenvalue weighted by Gasteiger charge is 2.63. The molecule has 11 nitrogen and oxygen atoms in total. The van der Waals surface area contributed by atoms with Crippen LogP contribution in [-0.2, 0) is 22.6 Å². The average Bonchev–Trinajstić information content (AvgIpc) is 2.88. The van der Waals surface area contributed by atoms with Crippen LogP contribution in [0.5, 0.6) is 11.5 Å². The zero-order chi connectivity index (χ0) is 30.7. The number of benzene rings is 1. The quantitative estimate of drug-likeness (QED) is 0.290. The van der Waals surface area contributed by atoms with Crippen LogP contribution in [0.1, 0.15) is 55.6 Å². The summed E-state index contributed by atoms with van der Waals surface area (Å²) >= 11 is 0. The van der Waals surface area contributed by atoms with E-state index in [1.165, 1.54) is 18.1 Å². The van der Waals surface area contributed by atoms with E-state index in [1.54, 1.807) is 14.1 Å². The van der Waals surface area contributed by atoms with Crippen LogP contribution < -0.4 is 10.5 Å². The molecule has 4 rings (SSSR count). The number of allylic oxidation sites excluding steroid dienone is 1. The molecule has 0 heterocycles. The van der Waals surface area contributed by atoms with Gasteiger partial charge in [-0.25, -0.2) is 0 Å². The van der Waals surface area contributed by atoms with Crippen molar-refractivity contribution < 1.29 is 39.5 Å². The molecule has 0 saturated heterocycles. The predicted octanol–water partition coefficient (Wildman–Crippen LogP) is 2.00. The van der Waals surface area contributed by atoms with Gasteiger partial charge in [-0.3, -0.25) is 24.2 Å². The van der Waals surface area contributed by atoms with Gasteiger partial charge in [0.25, 0.3) is 5.91 Å². The maximum absolute atomic E-state index is 13.9. The number of Topliss-reactive ketones (excluding diaryl/α,β-unsaturated/α-hetero) is 2. The van der Waals surface area contributed by atoms with Crippen LogP contribution in [0, 0.1) is 17.8 Å². The predicted molar refractivity (Wildman–Crippen MR) is 151 cm³/mol. The smallest absolute Gasteiger partial charge is 0.255 e. The topological polar surface area (TPSA) is 174 Å². The largest absolute Gasteiger partial charge is 0.510 e. The standard InChI is InChI=1S/C30H41N3O8/c1-8-33(14(4)13(2)3)12-16-11-19(34)21-17(26(16)41-7)9-15-10-18-23(32(5)6)25(36)22(29(31)39)28(38)30(18,40)27(37)20(15)24(21)35/h11,13-15,18,23,34,36-37,40H,8-10,12H2,1-7H3,(H2,31,39)/t14-,15+,18+,23+,30+/m1/s1. The Morgan fingerprint density at radius 2 is 1.83 bits per heavy atom. The van der Waals surface area contributed by atoms with Gasteiger partial charge in [0.05, 0.1) is 18.7 Å². The Bertz CT molecular complexity index is 1360. The number of primary amides is 1. The summed E-state index contributed by atoms with van der Waals surface area (Å²) < 4.78 is 5.82. The molecule has 0 aromatic heterocycles. The second kappa shape index (κ2) is 10.8. The van der Waals surface area contributed by atoms with Crippen molar-refractivity contribution in [2.45, 2.75) is 64.8 Å². The first-order valence-corrected chi connectivity index (χ1v) is 13.9. The maximum atomic E-state index is 13.9. The van der Waals surface area contributed by atoms with E-state index in [-0.39, 0.29) is 35.8 Å². The minimum atomic E-state index is -2.67. The molecule has 3 aliphatic carbocycles. The Kier molecular flexibility index (Phi) is 8.03. The van der Waals surface area contributed by atoms with Crippen LogP contribution in [0.25, 0.3) is 0 Å². The number of phenols is 1. The molecular formula is C30H41N3O8. The van der Waals surface area contributed by atoms with Crippen molar-refractivity contribution in [2.75, 3.05) is 27.7 Å². The summed E-state index contributed by atoms with van der Waals surface area (Å²) in [5, 5.41) is 45.2. The molecule has 6 N–H and O–H groups in total. The number of fused-ring (bicyclic) bond motifs is 3. The first-order chi connectivity index (χ1) is 19.1. The van der Waals surface area contributed by atoms with Gasteiger partial charge in [-0.15, -0.1) is 0 Å². The molecule has 1 aromatic rings. The van der Waals surface area contributed by atoms with Crippen molar-refractivity contribution >= 4 is 17.5 Å². The SMILES string of the molecule is CCN(Cc1cc(O)c2c(c1OC)C[C@H]1C[C@H]3[C@H](N(C)C)C(O)=C(C(N)=O)C(=O)[C@@]3(O)C(O)=C1C2=O)[C@H](C)C(C)C.